The van der Waals surface area contributed by atoms with Crippen LogP contribution in [0, 0.1) is 5.92 Å². The molecule has 0 aliphatic heterocycles. The number of hydrogen-bond acceptors (Lipinski definition) is 7. The van der Waals surface area contributed by atoms with E-state index in [1.807, 2.05) is 6.08 Å². The molecule has 0 bridgehead atoms. The summed E-state index contributed by atoms with van der Waals surface area (Å²) in [6, 6.07) is 6.59. The van der Waals surface area contributed by atoms with Gasteiger partial charge in [0.2, 0.25) is 0 Å². The van der Waals surface area contributed by atoms with Gasteiger partial charge in [-0.3, -0.25) is 10.1 Å². The number of benzene rings is 1. The van der Waals surface area contributed by atoms with E-state index in [-0.39, 0.29) is 24.4 Å². The van der Waals surface area contributed by atoms with Crippen molar-refractivity contribution >= 4 is 37.8 Å². The number of nitrogens with zero attached hydrogens (tertiary/aromatic N) is 1. The molecule has 1 aromatic heterocycles. The van der Waals surface area contributed by atoms with Crippen LogP contribution in [0.1, 0.15) is 56.7 Å². The van der Waals surface area contributed by atoms with Crippen LogP contribution >= 0.6 is 11.3 Å². The highest BCUT2D eigenvalue weighted by molar-refractivity contribution is 7.92. The van der Waals surface area contributed by atoms with Crippen LogP contribution < -0.4 is 5.32 Å². The maximum Gasteiger partial charge on any atom is 0.257 e. The zero-order valence-electron chi connectivity index (χ0n) is 18.7. The summed E-state index contributed by atoms with van der Waals surface area (Å²) >= 11 is 1.23. The van der Waals surface area contributed by atoms with Gasteiger partial charge in [0.15, 0.2) is 15.0 Å². The van der Waals surface area contributed by atoms with Crippen LogP contribution in [-0.2, 0) is 20.0 Å². The number of aliphatic hydroxyl groups is 2. The van der Waals surface area contributed by atoms with Crippen LogP contribution in [0.4, 0.5) is 5.13 Å². The zero-order valence-corrected chi connectivity index (χ0v) is 20.3. The molecule has 1 heterocycles. The van der Waals surface area contributed by atoms with Gasteiger partial charge in [-0.15, -0.1) is 11.3 Å². The highest BCUT2D eigenvalue weighted by atomic mass is 32.2. The molecule has 4 rings (SSSR count). The molecular weight excluding hydrogens is 460 g/mol. The minimum absolute atomic E-state index is 0.260. The Morgan fingerprint density at radius 1 is 1.15 bits per heavy atom. The fourth-order valence-electron chi connectivity index (χ4n) is 4.04. The minimum Gasteiger partial charge on any atom is -0.395 e. The maximum atomic E-state index is 13.3. The normalized spacial score (nSPS) is 18.0. The molecule has 2 aliphatic rings. The maximum absolute atomic E-state index is 13.3. The van der Waals surface area contributed by atoms with Crippen molar-refractivity contribution in [2.45, 2.75) is 61.0 Å². The van der Waals surface area contributed by atoms with Crippen molar-refractivity contribution in [1.29, 1.82) is 0 Å². The van der Waals surface area contributed by atoms with Crippen LogP contribution in [0.15, 0.2) is 40.6 Å². The SMILES string of the molecule is CC(CO)(CO)c1csc(NC(=O)C(=CC2CCCC2)c2ccc(S(=O)(=O)C3CC3)cc2)n1. The van der Waals surface area contributed by atoms with E-state index in [0.717, 1.165) is 25.7 Å². The molecule has 2 aromatic rings. The lowest BCUT2D eigenvalue weighted by atomic mass is 9.90. The van der Waals surface area contributed by atoms with Gasteiger partial charge in [-0.2, -0.15) is 0 Å². The predicted octanol–water partition coefficient (Wildman–Crippen LogP) is 3.53. The van der Waals surface area contributed by atoms with Crippen molar-refractivity contribution in [1.82, 2.24) is 4.98 Å². The molecule has 2 fully saturated rings. The van der Waals surface area contributed by atoms with Crippen LogP contribution in [0.3, 0.4) is 0 Å². The number of anilines is 1. The second-order valence-corrected chi connectivity index (χ2v) is 12.3. The highest BCUT2D eigenvalue weighted by Gasteiger charge is 2.36. The van der Waals surface area contributed by atoms with Gasteiger partial charge >= 0.3 is 0 Å². The van der Waals surface area contributed by atoms with E-state index in [0.29, 0.717) is 45.6 Å². The van der Waals surface area contributed by atoms with Gasteiger partial charge in [0, 0.05) is 11.0 Å². The smallest absolute Gasteiger partial charge is 0.257 e. The number of carbonyl (C=O) groups is 1. The third-order valence-electron chi connectivity index (χ3n) is 6.54. The molecule has 33 heavy (non-hydrogen) atoms. The summed E-state index contributed by atoms with van der Waals surface area (Å²) in [4.78, 5) is 18.0. The molecule has 0 spiro atoms. The Morgan fingerprint density at radius 3 is 2.36 bits per heavy atom. The molecule has 178 valence electrons. The Kier molecular flexibility index (Phi) is 7.04. The third-order valence-corrected chi connectivity index (χ3v) is 9.58. The lowest BCUT2D eigenvalue weighted by molar-refractivity contribution is -0.111. The van der Waals surface area contributed by atoms with Gasteiger partial charge in [-0.25, -0.2) is 13.4 Å². The third kappa shape index (κ3) is 5.21. The van der Waals surface area contributed by atoms with Crippen LogP contribution in [0.25, 0.3) is 5.57 Å². The molecular formula is C24H30N2O5S2. The minimum atomic E-state index is -3.28. The molecule has 2 saturated carbocycles. The van der Waals surface area contributed by atoms with Crippen molar-refractivity contribution in [2.24, 2.45) is 5.92 Å². The van der Waals surface area contributed by atoms with Crippen molar-refractivity contribution in [3.05, 3.63) is 47.0 Å². The van der Waals surface area contributed by atoms with Crippen LogP contribution in [-0.4, -0.2) is 48.0 Å². The monoisotopic (exact) mass is 490 g/mol. The van der Waals surface area contributed by atoms with Gasteiger partial charge in [0.1, 0.15) is 0 Å². The second-order valence-electron chi connectivity index (χ2n) is 9.26. The van der Waals surface area contributed by atoms with Crippen molar-refractivity contribution in [2.75, 3.05) is 18.5 Å². The number of amides is 1. The van der Waals surface area contributed by atoms with E-state index in [2.05, 4.69) is 10.3 Å². The Balaban J connectivity index is 1.59. The number of nitrogens with one attached hydrogen (secondary N) is 1. The largest absolute Gasteiger partial charge is 0.395 e. The number of rotatable bonds is 9. The Hall–Kier alpha value is -2.07. The van der Waals surface area contributed by atoms with Crippen LogP contribution in [0.2, 0.25) is 0 Å². The first-order valence-corrected chi connectivity index (χ1v) is 13.7. The van der Waals surface area contributed by atoms with Gasteiger partial charge in [-0.05, 0) is 56.2 Å². The fourth-order valence-corrected chi connectivity index (χ4v) is 6.56. The van der Waals surface area contributed by atoms with Gasteiger partial charge in [-0.1, -0.05) is 31.1 Å². The Labute approximate surface area is 198 Å². The van der Waals surface area contributed by atoms with E-state index in [1.54, 1.807) is 36.6 Å². The van der Waals surface area contributed by atoms with E-state index >= 15 is 0 Å². The average Bonchev–Trinajstić information content (AvgIpc) is 3.38. The second kappa shape index (κ2) is 9.66. The molecule has 2 aliphatic carbocycles. The Morgan fingerprint density at radius 2 is 1.79 bits per heavy atom. The summed E-state index contributed by atoms with van der Waals surface area (Å²) in [6.45, 7) is 1.18. The summed E-state index contributed by atoms with van der Waals surface area (Å²) in [5.74, 6) is -0.00477. The quantitative estimate of drug-likeness (QED) is 0.463. The highest BCUT2D eigenvalue weighted by Crippen LogP contribution is 2.35. The molecule has 1 aromatic carbocycles. The molecule has 3 N–H and O–H groups in total. The Bertz CT molecular complexity index is 1120. The lowest BCUT2D eigenvalue weighted by Gasteiger charge is -2.21. The topological polar surface area (TPSA) is 117 Å². The first-order chi connectivity index (χ1) is 15.8. The molecule has 0 unspecified atom stereocenters. The first-order valence-electron chi connectivity index (χ1n) is 11.3. The molecule has 0 atom stereocenters. The number of aromatic nitrogens is 1. The first kappa shape index (κ1) is 24.1. The van der Waals surface area contributed by atoms with Crippen molar-refractivity contribution in [3.8, 4) is 0 Å². The number of thiazole rings is 1. The molecule has 0 radical (unpaired) electrons. The lowest BCUT2D eigenvalue weighted by Crippen LogP contribution is -2.31. The van der Waals surface area contributed by atoms with Gasteiger partial charge in [0.05, 0.1) is 34.5 Å². The van der Waals surface area contributed by atoms with E-state index in [1.165, 1.54) is 11.3 Å². The summed E-state index contributed by atoms with van der Waals surface area (Å²) in [6.07, 6.45) is 7.72. The summed E-state index contributed by atoms with van der Waals surface area (Å²) < 4.78 is 25.1. The number of sulfone groups is 1. The van der Waals surface area contributed by atoms with E-state index in [9.17, 15) is 23.4 Å². The van der Waals surface area contributed by atoms with Gasteiger partial charge in [0.25, 0.3) is 5.91 Å². The fraction of sp³-hybridized carbons (Fsp3) is 0.500. The number of aliphatic hydroxyl groups excluding tert-OH is 2. The number of allylic oxidation sites excluding steroid dienone is 1. The van der Waals surface area contributed by atoms with Crippen LogP contribution in [0.5, 0.6) is 0 Å². The average molecular weight is 491 g/mol. The summed E-state index contributed by atoms with van der Waals surface area (Å²) in [5.41, 5.74) is 0.802. The van der Waals surface area contributed by atoms with Gasteiger partial charge < -0.3 is 10.2 Å². The van der Waals surface area contributed by atoms with Crippen molar-refractivity contribution < 1.29 is 23.4 Å². The summed E-state index contributed by atoms with van der Waals surface area (Å²) in [7, 11) is -3.28. The van der Waals surface area contributed by atoms with Crippen molar-refractivity contribution in [3.63, 3.8) is 0 Å². The molecule has 9 heteroatoms. The summed E-state index contributed by atoms with van der Waals surface area (Å²) in [5, 5.41) is 23.9. The number of carbonyl (C=O) groups excluding carboxylic acids is 1. The zero-order chi connectivity index (χ0) is 23.6. The van der Waals surface area contributed by atoms with E-state index < -0.39 is 15.3 Å². The predicted molar refractivity (Wildman–Crippen MR) is 129 cm³/mol. The van der Waals surface area contributed by atoms with E-state index in [4.69, 9.17) is 0 Å². The number of hydrogen-bond donors (Lipinski definition) is 3. The standard InChI is InChI=1S/C24H30N2O5S2/c1-24(14-27,15-28)21-13-32-23(25-21)26-22(29)20(12-16-4-2-3-5-16)17-6-8-18(9-7-17)33(30,31)19-10-11-19/h6-9,12-13,16,19,27-28H,2-5,10-11,14-15H2,1H3,(H,25,26,29). The molecule has 7 nitrogen and oxygen atoms in total. The molecule has 0 saturated heterocycles. The molecule has 1 amide bonds.